The molecule has 0 unspecified atom stereocenters. The molecule has 0 radical (unpaired) electrons. The van der Waals surface area contributed by atoms with Gasteiger partial charge < -0.3 is 14.6 Å². The van der Waals surface area contributed by atoms with Crippen LogP contribution in [-0.2, 0) is 13.0 Å². The van der Waals surface area contributed by atoms with Crippen LogP contribution < -0.4 is 4.74 Å². The normalized spacial score (nSPS) is 13.4. The Morgan fingerprint density at radius 2 is 2.07 bits per heavy atom. The number of nitrogens with one attached hydrogen (secondary N) is 1. The van der Waals surface area contributed by atoms with Crippen LogP contribution in [0.5, 0.6) is 5.75 Å². The van der Waals surface area contributed by atoms with Gasteiger partial charge in [0.2, 0.25) is 0 Å². The fraction of sp³-hybridized carbons (Fsp3) is 0.238. The quantitative estimate of drug-likeness (QED) is 0.747. The minimum atomic E-state index is -0.847. The number of amides is 1. The van der Waals surface area contributed by atoms with Crippen LogP contribution in [0.4, 0.5) is 8.78 Å². The fourth-order valence-electron chi connectivity index (χ4n) is 3.39. The average molecular weight is 383 g/mol. The lowest BCUT2D eigenvalue weighted by atomic mass is 10.1. The number of halogens is 2. The van der Waals surface area contributed by atoms with E-state index >= 15 is 0 Å². The molecule has 2 heterocycles. The molecule has 3 aromatic rings. The maximum absolute atomic E-state index is 14.3. The first-order valence-electron chi connectivity index (χ1n) is 8.94. The molecule has 0 saturated carbocycles. The first kappa shape index (κ1) is 18.2. The highest BCUT2D eigenvalue weighted by Crippen LogP contribution is 2.27. The Balaban J connectivity index is 1.61. The van der Waals surface area contributed by atoms with Crippen LogP contribution in [0.1, 0.15) is 27.3 Å². The number of ether oxygens (including phenoxy) is 1. The zero-order chi connectivity index (χ0) is 19.8. The van der Waals surface area contributed by atoms with Crippen molar-refractivity contribution in [2.24, 2.45) is 0 Å². The highest BCUT2D eigenvalue weighted by Gasteiger charge is 2.29. The van der Waals surface area contributed by atoms with Crippen LogP contribution in [0.2, 0.25) is 0 Å². The van der Waals surface area contributed by atoms with Crippen molar-refractivity contribution in [3.05, 3.63) is 70.5 Å². The molecule has 0 bridgehead atoms. The van der Waals surface area contributed by atoms with Crippen molar-refractivity contribution in [2.75, 3.05) is 13.7 Å². The topological polar surface area (TPSA) is 58.2 Å². The third-order valence-electron chi connectivity index (χ3n) is 4.96. The molecule has 0 atom stereocenters. The van der Waals surface area contributed by atoms with Gasteiger partial charge in [0.1, 0.15) is 28.8 Å². The number of aromatic nitrogens is 2. The predicted molar refractivity (Wildman–Crippen MR) is 100 cm³/mol. The molecule has 1 aromatic heterocycles. The van der Waals surface area contributed by atoms with Gasteiger partial charge in [-0.1, -0.05) is 18.2 Å². The third kappa shape index (κ3) is 3.13. The number of hydrogen-bond acceptors (Lipinski definition) is 3. The molecule has 7 heteroatoms. The zero-order valence-electron chi connectivity index (χ0n) is 15.6. The Bertz CT molecular complexity index is 1060. The van der Waals surface area contributed by atoms with Gasteiger partial charge in [-0.05, 0) is 30.7 Å². The van der Waals surface area contributed by atoms with Crippen molar-refractivity contribution >= 4 is 5.91 Å². The molecular weight excluding hydrogens is 364 g/mol. The molecule has 1 aliphatic rings. The molecule has 2 aromatic carbocycles. The second-order valence-electron chi connectivity index (χ2n) is 6.77. The van der Waals surface area contributed by atoms with Gasteiger partial charge in [-0.3, -0.25) is 4.79 Å². The number of hydrogen-bond donors (Lipinski definition) is 1. The smallest absolute Gasteiger partial charge is 0.260 e. The van der Waals surface area contributed by atoms with E-state index in [0.717, 1.165) is 23.0 Å². The molecule has 0 saturated heterocycles. The maximum atomic E-state index is 14.3. The molecule has 1 aliphatic heterocycles. The van der Waals surface area contributed by atoms with Crippen molar-refractivity contribution in [1.82, 2.24) is 14.9 Å². The van der Waals surface area contributed by atoms with E-state index in [-0.39, 0.29) is 12.1 Å². The van der Waals surface area contributed by atoms with Gasteiger partial charge in [0.05, 0.1) is 25.0 Å². The number of imidazole rings is 1. The minimum absolute atomic E-state index is 0.220. The Kier molecular flexibility index (Phi) is 4.58. The zero-order valence-corrected chi connectivity index (χ0v) is 15.6. The van der Waals surface area contributed by atoms with Gasteiger partial charge in [0.15, 0.2) is 0 Å². The monoisotopic (exact) mass is 383 g/mol. The van der Waals surface area contributed by atoms with Gasteiger partial charge >= 0.3 is 0 Å². The van der Waals surface area contributed by atoms with Crippen molar-refractivity contribution in [3.63, 3.8) is 0 Å². The number of carbonyl (C=O) groups excluding carboxylic acids is 1. The predicted octanol–water partition coefficient (Wildman–Crippen LogP) is 3.87. The number of rotatable bonds is 3. The summed E-state index contributed by atoms with van der Waals surface area (Å²) >= 11 is 0. The van der Waals surface area contributed by atoms with Crippen LogP contribution in [-0.4, -0.2) is 34.4 Å². The van der Waals surface area contributed by atoms with E-state index in [2.05, 4.69) is 9.97 Å². The molecule has 144 valence electrons. The van der Waals surface area contributed by atoms with Gasteiger partial charge in [-0.15, -0.1) is 0 Å². The summed E-state index contributed by atoms with van der Waals surface area (Å²) in [4.78, 5) is 22.0. The summed E-state index contributed by atoms with van der Waals surface area (Å²) in [5.41, 5.74) is 2.22. The number of H-pyrrole nitrogens is 1. The maximum Gasteiger partial charge on any atom is 0.260 e. The average Bonchev–Trinajstić information content (AvgIpc) is 3.14. The highest BCUT2D eigenvalue weighted by atomic mass is 19.1. The van der Waals surface area contributed by atoms with Gasteiger partial charge in [0.25, 0.3) is 5.91 Å². The number of aromatic amines is 1. The van der Waals surface area contributed by atoms with Crippen LogP contribution in [0.15, 0.2) is 36.4 Å². The SMILES string of the molecule is COc1cccc(-c2nc3c([nH]2)CN(C(=O)c2c(F)ccc(C)c2F)CC3)c1. The Morgan fingerprint density at radius 3 is 2.86 bits per heavy atom. The minimum Gasteiger partial charge on any atom is -0.497 e. The van der Waals surface area contributed by atoms with Gasteiger partial charge in [-0.2, -0.15) is 0 Å². The summed E-state index contributed by atoms with van der Waals surface area (Å²) in [6, 6.07) is 9.94. The lowest BCUT2D eigenvalue weighted by Gasteiger charge is -2.26. The largest absolute Gasteiger partial charge is 0.497 e. The molecular formula is C21H19F2N3O2. The van der Waals surface area contributed by atoms with Crippen molar-refractivity contribution < 1.29 is 18.3 Å². The van der Waals surface area contributed by atoms with E-state index in [9.17, 15) is 13.6 Å². The number of nitrogens with zero attached hydrogens (tertiary/aromatic N) is 2. The molecule has 0 aliphatic carbocycles. The van der Waals surface area contributed by atoms with E-state index in [1.807, 2.05) is 24.3 Å². The number of methoxy groups -OCH3 is 1. The standard InChI is InChI=1S/C21H19F2N3O2/c1-12-6-7-15(22)18(19(12)23)21(27)26-9-8-16-17(11-26)25-20(24-16)13-4-3-5-14(10-13)28-2/h3-7,10H,8-9,11H2,1-2H3,(H,24,25). The summed E-state index contributed by atoms with van der Waals surface area (Å²) in [7, 11) is 1.60. The van der Waals surface area contributed by atoms with Crippen LogP contribution in [0.25, 0.3) is 11.4 Å². The van der Waals surface area contributed by atoms with E-state index in [1.165, 1.54) is 17.9 Å². The first-order chi connectivity index (χ1) is 13.5. The first-order valence-corrected chi connectivity index (χ1v) is 8.94. The van der Waals surface area contributed by atoms with E-state index < -0.39 is 23.1 Å². The Morgan fingerprint density at radius 1 is 1.25 bits per heavy atom. The van der Waals surface area contributed by atoms with Crippen LogP contribution >= 0.6 is 0 Å². The molecule has 28 heavy (non-hydrogen) atoms. The van der Waals surface area contributed by atoms with Crippen LogP contribution in [0, 0.1) is 18.6 Å². The van der Waals surface area contributed by atoms with Crippen molar-refractivity contribution in [2.45, 2.75) is 19.9 Å². The second kappa shape index (κ2) is 7.07. The number of carbonyl (C=O) groups is 1. The summed E-state index contributed by atoms with van der Waals surface area (Å²) in [6.45, 7) is 2.08. The van der Waals surface area contributed by atoms with E-state index in [0.29, 0.717) is 24.5 Å². The number of benzene rings is 2. The summed E-state index contributed by atoms with van der Waals surface area (Å²) in [6.07, 6.45) is 0.511. The molecule has 1 amide bonds. The number of aryl methyl sites for hydroxylation is 1. The summed E-state index contributed by atoms with van der Waals surface area (Å²) in [5.74, 6) is -0.917. The van der Waals surface area contributed by atoms with E-state index in [4.69, 9.17) is 4.74 Å². The molecule has 4 rings (SSSR count). The second-order valence-corrected chi connectivity index (χ2v) is 6.77. The fourth-order valence-corrected chi connectivity index (χ4v) is 3.39. The molecule has 0 fully saturated rings. The third-order valence-corrected chi connectivity index (χ3v) is 4.96. The van der Waals surface area contributed by atoms with Crippen molar-refractivity contribution in [3.8, 4) is 17.1 Å². The van der Waals surface area contributed by atoms with E-state index in [1.54, 1.807) is 7.11 Å². The Hall–Kier alpha value is -3.22. The summed E-state index contributed by atoms with van der Waals surface area (Å²) < 4.78 is 33.7. The highest BCUT2D eigenvalue weighted by molar-refractivity contribution is 5.95. The van der Waals surface area contributed by atoms with Gasteiger partial charge in [0, 0.05) is 18.5 Å². The summed E-state index contributed by atoms with van der Waals surface area (Å²) in [5, 5.41) is 0. The molecule has 0 spiro atoms. The molecule has 5 nitrogen and oxygen atoms in total. The lowest BCUT2D eigenvalue weighted by Crippen LogP contribution is -2.37. The van der Waals surface area contributed by atoms with Crippen molar-refractivity contribution in [1.29, 1.82) is 0 Å². The van der Waals surface area contributed by atoms with Gasteiger partial charge in [-0.25, -0.2) is 13.8 Å². The molecule has 1 N–H and O–H groups in total. The lowest BCUT2D eigenvalue weighted by molar-refractivity contribution is 0.0721. The number of fused-ring (bicyclic) bond motifs is 1. The Labute approximate surface area is 161 Å². The van der Waals surface area contributed by atoms with Crippen LogP contribution in [0.3, 0.4) is 0 Å².